The summed E-state index contributed by atoms with van der Waals surface area (Å²) in [4.78, 5) is 29.5. The molecule has 1 aliphatic heterocycles. The number of fused-ring (bicyclic) bond motifs is 1. The average Bonchev–Trinajstić information content (AvgIpc) is 3.53. The number of aromatic nitrogens is 2. The molecule has 0 spiro atoms. The van der Waals surface area contributed by atoms with Crippen LogP contribution >= 0.6 is 23.1 Å². The lowest BCUT2D eigenvalue weighted by atomic mass is 10.0. The molecule has 8 heteroatoms. The quantitative estimate of drug-likeness (QED) is 0.325. The van der Waals surface area contributed by atoms with E-state index < -0.39 is 0 Å². The SMILES string of the molecule is Cc1ccccc1-n1nc(-c2ccccc2)c2c1N(CC(=O)NCC(C)C)C(=O)CSC2c1cccs1. The minimum Gasteiger partial charge on any atom is -0.354 e. The van der Waals surface area contributed by atoms with Gasteiger partial charge in [-0.2, -0.15) is 5.10 Å². The van der Waals surface area contributed by atoms with Gasteiger partial charge >= 0.3 is 0 Å². The highest BCUT2D eigenvalue weighted by atomic mass is 32.2. The standard InChI is InChI=1S/C29H30N4O2S2/c1-19(2)16-30-24(34)17-32-25(35)18-37-28(23-14-9-15-36-23)26-27(21-11-5-4-6-12-21)31-33(29(26)32)22-13-8-7-10-20(22)3/h4-15,19,28H,16-18H2,1-3H3,(H,30,34). The van der Waals surface area contributed by atoms with Crippen LogP contribution in [-0.2, 0) is 9.59 Å². The first-order chi connectivity index (χ1) is 17.9. The van der Waals surface area contributed by atoms with Crippen LogP contribution in [-0.4, -0.2) is 40.4 Å². The Kier molecular flexibility index (Phi) is 7.48. The lowest BCUT2D eigenvalue weighted by Gasteiger charge is -2.23. The first kappa shape index (κ1) is 25.3. The van der Waals surface area contributed by atoms with Gasteiger partial charge in [0.2, 0.25) is 11.8 Å². The van der Waals surface area contributed by atoms with Crippen LogP contribution in [0.5, 0.6) is 0 Å². The number of thiophene rings is 1. The summed E-state index contributed by atoms with van der Waals surface area (Å²) in [6, 6.07) is 22.3. The Morgan fingerprint density at radius 1 is 1.08 bits per heavy atom. The maximum Gasteiger partial charge on any atom is 0.240 e. The van der Waals surface area contributed by atoms with E-state index in [1.165, 1.54) is 0 Å². The van der Waals surface area contributed by atoms with Crippen molar-refractivity contribution < 1.29 is 9.59 Å². The Labute approximate surface area is 225 Å². The number of rotatable bonds is 7. The monoisotopic (exact) mass is 530 g/mol. The molecule has 1 atom stereocenters. The van der Waals surface area contributed by atoms with E-state index in [0.717, 1.165) is 32.9 Å². The van der Waals surface area contributed by atoms with E-state index in [-0.39, 0.29) is 29.4 Å². The fraction of sp³-hybridized carbons (Fsp3) is 0.276. The van der Waals surface area contributed by atoms with Crippen LogP contribution in [0.25, 0.3) is 16.9 Å². The Bertz CT molecular complexity index is 1400. The molecule has 1 unspecified atom stereocenters. The zero-order valence-electron chi connectivity index (χ0n) is 21.2. The number of nitrogens with zero attached hydrogens (tertiary/aromatic N) is 3. The number of carbonyl (C=O) groups excluding carboxylic acids is 2. The molecule has 1 aliphatic rings. The molecule has 0 fully saturated rings. The molecule has 2 aromatic heterocycles. The Hall–Kier alpha value is -3.36. The van der Waals surface area contributed by atoms with Crippen molar-refractivity contribution in [2.24, 2.45) is 5.92 Å². The normalized spacial score (nSPS) is 15.5. The van der Waals surface area contributed by atoms with Gasteiger partial charge in [0.15, 0.2) is 0 Å². The Morgan fingerprint density at radius 3 is 2.54 bits per heavy atom. The number of carbonyl (C=O) groups is 2. The number of para-hydroxylation sites is 1. The Morgan fingerprint density at radius 2 is 1.84 bits per heavy atom. The number of thioether (sulfide) groups is 1. The maximum absolute atomic E-state index is 13.7. The van der Waals surface area contributed by atoms with E-state index >= 15 is 0 Å². The van der Waals surface area contributed by atoms with Gasteiger partial charge in [-0.3, -0.25) is 14.5 Å². The fourth-order valence-corrected chi connectivity index (χ4v) is 6.66. The number of amides is 2. The van der Waals surface area contributed by atoms with E-state index in [2.05, 4.69) is 30.6 Å². The molecule has 0 saturated heterocycles. The third kappa shape index (κ3) is 5.22. The predicted octanol–water partition coefficient (Wildman–Crippen LogP) is 5.85. The van der Waals surface area contributed by atoms with E-state index in [1.807, 2.05) is 72.3 Å². The second kappa shape index (κ2) is 10.9. The number of anilines is 1. The van der Waals surface area contributed by atoms with Crippen molar-refractivity contribution >= 4 is 40.7 Å². The van der Waals surface area contributed by atoms with E-state index in [1.54, 1.807) is 28.0 Å². The van der Waals surface area contributed by atoms with Gasteiger partial charge in [0.1, 0.15) is 12.4 Å². The largest absolute Gasteiger partial charge is 0.354 e. The first-order valence-corrected chi connectivity index (χ1v) is 14.3. The molecule has 0 radical (unpaired) electrons. The second-order valence-corrected chi connectivity index (χ2v) is 11.6. The lowest BCUT2D eigenvalue weighted by Crippen LogP contribution is -2.43. The van der Waals surface area contributed by atoms with Crippen molar-refractivity contribution in [2.75, 3.05) is 23.7 Å². The number of nitrogens with one attached hydrogen (secondary N) is 1. The van der Waals surface area contributed by atoms with Crippen LogP contribution in [0.15, 0.2) is 72.1 Å². The molecular formula is C29H30N4O2S2. The van der Waals surface area contributed by atoms with Crippen molar-refractivity contribution in [3.63, 3.8) is 0 Å². The van der Waals surface area contributed by atoms with Gasteiger partial charge in [0.05, 0.1) is 22.4 Å². The van der Waals surface area contributed by atoms with Crippen LogP contribution < -0.4 is 10.2 Å². The van der Waals surface area contributed by atoms with Crippen LogP contribution in [0, 0.1) is 12.8 Å². The predicted molar refractivity (Wildman–Crippen MR) is 153 cm³/mol. The molecule has 0 bridgehead atoms. The summed E-state index contributed by atoms with van der Waals surface area (Å²) in [5.74, 6) is 0.990. The molecule has 37 heavy (non-hydrogen) atoms. The van der Waals surface area contributed by atoms with Crippen molar-refractivity contribution in [2.45, 2.75) is 26.0 Å². The summed E-state index contributed by atoms with van der Waals surface area (Å²) in [6.07, 6.45) is 0. The molecule has 0 saturated carbocycles. The first-order valence-electron chi connectivity index (χ1n) is 12.4. The van der Waals surface area contributed by atoms with Gasteiger partial charge in [-0.25, -0.2) is 4.68 Å². The summed E-state index contributed by atoms with van der Waals surface area (Å²) in [5, 5.41) is 10.1. The minimum atomic E-state index is -0.175. The summed E-state index contributed by atoms with van der Waals surface area (Å²) in [7, 11) is 0. The lowest BCUT2D eigenvalue weighted by molar-refractivity contribution is -0.123. The number of aryl methyl sites for hydroxylation is 1. The molecule has 2 aromatic carbocycles. The summed E-state index contributed by atoms with van der Waals surface area (Å²) < 4.78 is 1.87. The highest BCUT2D eigenvalue weighted by Crippen LogP contribution is 2.49. The van der Waals surface area contributed by atoms with Gasteiger partial charge in [-0.05, 0) is 35.9 Å². The summed E-state index contributed by atoms with van der Waals surface area (Å²) in [5.41, 5.74) is 4.69. The van der Waals surface area contributed by atoms with Crippen LogP contribution in [0.1, 0.15) is 35.1 Å². The van der Waals surface area contributed by atoms with Gasteiger partial charge in [0.25, 0.3) is 0 Å². The third-order valence-corrected chi connectivity index (χ3v) is 8.61. The molecular weight excluding hydrogens is 500 g/mol. The minimum absolute atomic E-state index is 0.0535. The van der Waals surface area contributed by atoms with Crippen LogP contribution in [0.4, 0.5) is 5.82 Å². The zero-order valence-corrected chi connectivity index (χ0v) is 22.8. The van der Waals surface area contributed by atoms with Gasteiger partial charge in [-0.15, -0.1) is 23.1 Å². The van der Waals surface area contributed by atoms with Gasteiger partial charge in [0, 0.05) is 22.5 Å². The van der Waals surface area contributed by atoms with Crippen LogP contribution in [0.3, 0.4) is 0 Å². The number of hydrogen-bond donors (Lipinski definition) is 1. The number of hydrogen-bond acceptors (Lipinski definition) is 5. The molecule has 6 nitrogen and oxygen atoms in total. The average molecular weight is 531 g/mol. The van der Waals surface area contributed by atoms with Gasteiger partial charge in [-0.1, -0.05) is 68.4 Å². The fourth-order valence-electron chi connectivity index (χ4n) is 4.48. The molecule has 2 amide bonds. The molecule has 1 N–H and O–H groups in total. The molecule has 5 rings (SSSR count). The van der Waals surface area contributed by atoms with E-state index in [0.29, 0.717) is 18.3 Å². The Balaban J connectivity index is 1.76. The van der Waals surface area contributed by atoms with Gasteiger partial charge < -0.3 is 5.32 Å². The van der Waals surface area contributed by atoms with Crippen molar-refractivity contribution in [1.82, 2.24) is 15.1 Å². The third-order valence-electron chi connectivity index (χ3n) is 6.29. The molecule has 4 aromatic rings. The molecule has 190 valence electrons. The summed E-state index contributed by atoms with van der Waals surface area (Å²) >= 11 is 3.27. The van der Waals surface area contributed by atoms with Crippen LogP contribution in [0.2, 0.25) is 0 Å². The second-order valence-electron chi connectivity index (χ2n) is 9.53. The highest BCUT2D eigenvalue weighted by Gasteiger charge is 2.38. The topological polar surface area (TPSA) is 67.2 Å². The highest BCUT2D eigenvalue weighted by molar-refractivity contribution is 8.00. The number of benzene rings is 2. The van der Waals surface area contributed by atoms with Crippen molar-refractivity contribution in [3.8, 4) is 16.9 Å². The molecule has 0 aliphatic carbocycles. The van der Waals surface area contributed by atoms with Crippen molar-refractivity contribution in [1.29, 1.82) is 0 Å². The van der Waals surface area contributed by atoms with E-state index in [9.17, 15) is 9.59 Å². The maximum atomic E-state index is 13.7. The molecule has 3 heterocycles. The summed E-state index contributed by atoms with van der Waals surface area (Å²) in [6.45, 7) is 6.65. The van der Waals surface area contributed by atoms with E-state index in [4.69, 9.17) is 5.10 Å². The zero-order chi connectivity index (χ0) is 25.9. The smallest absolute Gasteiger partial charge is 0.240 e. The van der Waals surface area contributed by atoms with Crippen molar-refractivity contribution in [3.05, 3.63) is 88.1 Å².